The lowest BCUT2D eigenvalue weighted by Gasteiger charge is -2.37. The van der Waals surface area contributed by atoms with Gasteiger partial charge in [-0.3, -0.25) is 0 Å². The van der Waals surface area contributed by atoms with Gasteiger partial charge in [-0.05, 0) is 50.1 Å². The predicted molar refractivity (Wildman–Crippen MR) is 82.3 cm³/mol. The summed E-state index contributed by atoms with van der Waals surface area (Å²) in [5, 5.41) is 0. The topological polar surface area (TPSA) is 9.23 Å². The van der Waals surface area contributed by atoms with Gasteiger partial charge in [0.15, 0.2) is 11.7 Å². The SMILES string of the molecule is FC1=C(F)C([C@H]2CCC(C3CCC(P)CC3)OC2)=C=C=C1. The molecule has 0 aromatic carbocycles. The van der Waals surface area contributed by atoms with E-state index in [2.05, 4.69) is 20.7 Å². The molecule has 3 atom stereocenters. The normalized spacial score (nSPS) is 36.8. The fourth-order valence-corrected chi connectivity index (χ4v) is 3.98. The Bertz CT molecular complexity index is 525. The van der Waals surface area contributed by atoms with E-state index in [4.69, 9.17) is 4.74 Å². The van der Waals surface area contributed by atoms with Crippen LogP contribution in [-0.2, 0) is 4.74 Å². The second-order valence-corrected chi connectivity index (χ2v) is 7.25. The van der Waals surface area contributed by atoms with Crippen molar-refractivity contribution in [3.8, 4) is 0 Å². The number of rotatable bonds is 2. The molecule has 2 aliphatic carbocycles. The highest BCUT2D eigenvalue weighted by molar-refractivity contribution is 7.17. The molecule has 1 nitrogen and oxygen atoms in total. The lowest BCUT2D eigenvalue weighted by molar-refractivity contribution is -0.0475. The molecule has 0 spiro atoms. The molecule has 21 heavy (non-hydrogen) atoms. The van der Waals surface area contributed by atoms with E-state index < -0.39 is 11.7 Å². The molecule has 0 aromatic heterocycles. The molecular formula is C17H21F2OP. The second kappa shape index (κ2) is 6.59. The lowest BCUT2D eigenvalue weighted by Crippen LogP contribution is -2.34. The third kappa shape index (κ3) is 3.38. The van der Waals surface area contributed by atoms with Crippen LogP contribution in [0.1, 0.15) is 38.5 Å². The zero-order valence-corrected chi connectivity index (χ0v) is 13.2. The molecule has 1 saturated carbocycles. The molecule has 0 amide bonds. The summed E-state index contributed by atoms with van der Waals surface area (Å²) in [5.41, 5.74) is 6.32. The molecule has 0 aromatic rings. The maximum absolute atomic E-state index is 13.8. The van der Waals surface area contributed by atoms with E-state index in [1.54, 1.807) is 0 Å². The third-order valence-corrected chi connectivity index (χ3v) is 5.58. The Morgan fingerprint density at radius 1 is 1.10 bits per heavy atom. The van der Waals surface area contributed by atoms with Crippen molar-refractivity contribution in [1.29, 1.82) is 0 Å². The number of ether oxygens (including phenoxy) is 1. The summed E-state index contributed by atoms with van der Waals surface area (Å²) in [6.45, 7) is 0.468. The number of halogens is 2. The van der Waals surface area contributed by atoms with E-state index >= 15 is 0 Å². The van der Waals surface area contributed by atoms with E-state index in [1.165, 1.54) is 25.7 Å². The van der Waals surface area contributed by atoms with Gasteiger partial charge in [0.05, 0.1) is 12.7 Å². The Balaban J connectivity index is 1.59. The second-order valence-electron chi connectivity index (χ2n) is 6.31. The van der Waals surface area contributed by atoms with E-state index in [1.807, 2.05) is 0 Å². The zero-order valence-electron chi connectivity index (χ0n) is 12.1. The van der Waals surface area contributed by atoms with Gasteiger partial charge >= 0.3 is 0 Å². The smallest absolute Gasteiger partial charge is 0.171 e. The van der Waals surface area contributed by atoms with Crippen molar-refractivity contribution in [1.82, 2.24) is 0 Å². The summed E-state index contributed by atoms with van der Waals surface area (Å²) < 4.78 is 33.1. The van der Waals surface area contributed by atoms with Crippen molar-refractivity contribution in [2.45, 2.75) is 50.3 Å². The molecule has 2 fully saturated rings. The van der Waals surface area contributed by atoms with E-state index in [0.717, 1.165) is 24.6 Å². The van der Waals surface area contributed by atoms with Gasteiger partial charge in [-0.15, -0.1) is 9.24 Å². The van der Waals surface area contributed by atoms with Crippen LogP contribution in [-0.4, -0.2) is 18.4 Å². The molecule has 1 heterocycles. The van der Waals surface area contributed by atoms with Crippen LogP contribution in [0, 0.1) is 11.8 Å². The number of allylic oxidation sites excluding steroid dienone is 3. The molecule has 1 aliphatic heterocycles. The van der Waals surface area contributed by atoms with Crippen LogP contribution in [0.5, 0.6) is 0 Å². The molecule has 1 saturated heterocycles. The van der Waals surface area contributed by atoms with Crippen molar-refractivity contribution < 1.29 is 13.5 Å². The quantitative estimate of drug-likeness (QED) is 0.534. The van der Waals surface area contributed by atoms with Crippen molar-refractivity contribution in [2.24, 2.45) is 11.8 Å². The van der Waals surface area contributed by atoms with Gasteiger partial charge in [0, 0.05) is 17.6 Å². The minimum absolute atomic E-state index is 0.0914. The van der Waals surface area contributed by atoms with Crippen LogP contribution in [0.3, 0.4) is 0 Å². The fraction of sp³-hybridized carbons (Fsp3) is 0.647. The first-order valence-corrected chi connectivity index (χ1v) is 8.46. The van der Waals surface area contributed by atoms with E-state index in [-0.39, 0.29) is 5.92 Å². The van der Waals surface area contributed by atoms with Crippen LogP contribution < -0.4 is 0 Å². The summed E-state index contributed by atoms with van der Waals surface area (Å²) >= 11 is 0. The van der Waals surface area contributed by atoms with Crippen molar-refractivity contribution in [2.75, 3.05) is 6.61 Å². The van der Waals surface area contributed by atoms with Crippen LogP contribution in [0.25, 0.3) is 0 Å². The molecule has 0 bridgehead atoms. The molecule has 114 valence electrons. The molecule has 3 rings (SSSR count). The maximum Gasteiger partial charge on any atom is 0.171 e. The van der Waals surface area contributed by atoms with Gasteiger partial charge in [0.1, 0.15) is 0 Å². The Labute approximate surface area is 127 Å². The molecule has 0 N–H and O–H groups in total. The summed E-state index contributed by atoms with van der Waals surface area (Å²) in [5.74, 6) is -1.09. The first-order chi connectivity index (χ1) is 10.1. The first-order valence-electron chi connectivity index (χ1n) is 7.79. The third-order valence-electron chi connectivity index (χ3n) is 4.91. The Morgan fingerprint density at radius 2 is 1.86 bits per heavy atom. The largest absolute Gasteiger partial charge is 0.377 e. The van der Waals surface area contributed by atoms with Gasteiger partial charge in [-0.2, -0.15) is 0 Å². The van der Waals surface area contributed by atoms with Crippen LogP contribution in [0.4, 0.5) is 8.78 Å². The molecular weight excluding hydrogens is 289 g/mol. The highest BCUT2D eigenvalue weighted by Gasteiger charge is 2.33. The maximum atomic E-state index is 13.8. The van der Waals surface area contributed by atoms with Gasteiger partial charge in [0.25, 0.3) is 0 Å². The number of hydrogen-bond acceptors (Lipinski definition) is 1. The summed E-state index contributed by atoms with van der Waals surface area (Å²) in [4.78, 5) is 0. The summed E-state index contributed by atoms with van der Waals surface area (Å²) in [7, 11) is 2.92. The van der Waals surface area contributed by atoms with Gasteiger partial charge in [-0.1, -0.05) is 11.5 Å². The average Bonchev–Trinajstić information content (AvgIpc) is 2.51. The lowest BCUT2D eigenvalue weighted by atomic mass is 9.80. The minimum Gasteiger partial charge on any atom is -0.377 e. The first kappa shape index (κ1) is 15.2. The highest BCUT2D eigenvalue weighted by Crippen LogP contribution is 2.38. The van der Waals surface area contributed by atoms with Crippen LogP contribution in [0.15, 0.2) is 34.8 Å². The molecule has 3 aliphatic rings. The fourth-order valence-electron chi connectivity index (χ4n) is 3.59. The Hall–Kier alpha value is -0.710. The van der Waals surface area contributed by atoms with Gasteiger partial charge in [0.2, 0.25) is 0 Å². The summed E-state index contributed by atoms with van der Waals surface area (Å²) in [6, 6.07) is 0. The minimum atomic E-state index is -0.843. The van der Waals surface area contributed by atoms with E-state index in [0.29, 0.717) is 24.2 Å². The monoisotopic (exact) mass is 310 g/mol. The Morgan fingerprint density at radius 3 is 2.52 bits per heavy atom. The predicted octanol–water partition coefficient (Wildman–Crippen LogP) is 4.62. The average molecular weight is 310 g/mol. The molecule has 0 radical (unpaired) electrons. The van der Waals surface area contributed by atoms with E-state index in [9.17, 15) is 8.78 Å². The molecule has 2 unspecified atom stereocenters. The number of hydrogen-bond donors (Lipinski definition) is 0. The van der Waals surface area contributed by atoms with Crippen molar-refractivity contribution >= 4 is 9.24 Å². The van der Waals surface area contributed by atoms with Gasteiger partial charge < -0.3 is 4.74 Å². The van der Waals surface area contributed by atoms with Crippen LogP contribution >= 0.6 is 9.24 Å². The molecule has 4 heteroatoms. The summed E-state index contributed by atoms with van der Waals surface area (Å²) in [6.07, 6.45) is 8.00. The van der Waals surface area contributed by atoms with Gasteiger partial charge in [-0.25, -0.2) is 8.78 Å². The standard InChI is InChI=1S/C17H21F2OP/c18-15-3-1-2-14(17(15)19)12-6-9-16(20-10-12)11-4-7-13(21)8-5-11/h3,11-13,16H,4-10,21H2/t11?,12-,13?,16?/m0/s1. The highest BCUT2D eigenvalue weighted by atomic mass is 31.0. The van der Waals surface area contributed by atoms with Crippen molar-refractivity contribution in [3.63, 3.8) is 0 Å². The van der Waals surface area contributed by atoms with Crippen molar-refractivity contribution in [3.05, 3.63) is 34.8 Å². The van der Waals surface area contributed by atoms with Crippen LogP contribution in [0.2, 0.25) is 0 Å². The Kier molecular flexibility index (Phi) is 4.77. The zero-order chi connectivity index (χ0) is 14.8.